The molecule has 2 nitrogen and oxygen atoms in total. The first kappa shape index (κ1) is 7.40. The lowest BCUT2D eigenvalue weighted by Crippen LogP contribution is -2.43. The van der Waals surface area contributed by atoms with Crippen molar-refractivity contribution in [3.8, 4) is 6.19 Å². The summed E-state index contributed by atoms with van der Waals surface area (Å²) in [6.45, 7) is 6.45. The van der Waals surface area contributed by atoms with E-state index in [0.29, 0.717) is 0 Å². The van der Waals surface area contributed by atoms with Crippen molar-refractivity contribution < 1.29 is 0 Å². The van der Waals surface area contributed by atoms with E-state index >= 15 is 0 Å². The maximum Gasteiger partial charge on any atom is 0.179 e. The number of rotatable bonds is 2. The molecule has 0 aromatic carbocycles. The van der Waals surface area contributed by atoms with Gasteiger partial charge < -0.3 is 4.90 Å². The van der Waals surface area contributed by atoms with E-state index in [-0.39, 0.29) is 0 Å². The monoisotopic (exact) mass is 138 g/mol. The van der Waals surface area contributed by atoms with Crippen molar-refractivity contribution in [1.82, 2.24) is 4.90 Å². The van der Waals surface area contributed by atoms with Crippen molar-refractivity contribution in [2.45, 2.75) is 20.3 Å². The van der Waals surface area contributed by atoms with Crippen LogP contribution in [0.25, 0.3) is 0 Å². The summed E-state index contributed by atoms with van der Waals surface area (Å²) < 4.78 is 0. The van der Waals surface area contributed by atoms with E-state index in [1.54, 1.807) is 0 Å². The third-order valence-electron chi connectivity index (χ3n) is 1.90. The van der Waals surface area contributed by atoms with Crippen molar-refractivity contribution in [2.24, 2.45) is 11.8 Å². The molecule has 1 aliphatic rings. The first-order valence-corrected chi connectivity index (χ1v) is 3.87. The van der Waals surface area contributed by atoms with Crippen LogP contribution in [0.3, 0.4) is 0 Å². The summed E-state index contributed by atoms with van der Waals surface area (Å²) in [5.74, 6) is 1.57. The Balaban J connectivity index is 2.10. The van der Waals surface area contributed by atoms with E-state index < -0.39 is 0 Å². The molecule has 0 atom stereocenters. The highest BCUT2D eigenvalue weighted by Crippen LogP contribution is 2.21. The van der Waals surface area contributed by atoms with Crippen LogP contribution >= 0.6 is 0 Å². The van der Waals surface area contributed by atoms with Crippen LogP contribution < -0.4 is 0 Å². The predicted octanol–water partition coefficient (Wildman–Crippen LogP) is 1.45. The molecule has 0 spiro atoms. The summed E-state index contributed by atoms with van der Waals surface area (Å²) in [6.07, 6.45) is 3.41. The van der Waals surface area contributed by atoms with Crippen LogP contribution in [0.2, 0.25) is 0 Å². The fourth-order valence-electron chi connectivity index (χ4n) is 1.47. The Bertz CT molecular complexity index is 140. The number of hydrogen-bond donors (Lipinski definition) is 0. The second-order valence-electron chi connectivity index (χ2n) is 3.50. The van der Waals surface area contributed by atoms with Crippen LogP contribution in [0.1, 0.15) is 20.3 Å². The molecule has 2 heteroatoms. The topological polar surface area (TPSA) is 27.0 Å². The largest absolute Gasteiger partial charge is 0.310 e. The Labute approximate surface area is 62.4 Å². The van der Waals surface area contributed by atoms with Crippen LogP contribution in [-0.4, -0.2) is 18.0 Å². The van der Waals surface area contributed by atoms with Crippen molar-refractivity contribution in [3.63, 3.8) is 0 Å². The Kier molecular flexibility index (Phi) is 2.16. The first-order chi connectivity index (χ1) is 4.72. The van der Waals surface area contributed by atoms with Gasteiger partial charge in [-0.1, -0.05) is 13.8 Å². The Morgan fingerprint density at radius 1 is 1.60 bits per heavy atom. The molecular weight excluding hydrogens is 124 g/mol. The Hall–Kier alpha value is -0.710. The van der Waals surface area contributed by atoms with Crippen molar-refractivity contribution in [1.29, 1.82) is 5.26 Å². The Morgan fingerprint density at radius 2 is 2.20 bits per heavy atom. The van der Waals surface area contributed by atoms with Crippen LogP contribution in [0.5, 0.6) is 0 Å². The quantitative estimate of drug-likeness (QED) is 0.540. The third-order valence-corrected chi connectivity index (χ3v) is 1.90. The van der Waals surface area contributed by atoms with Gasteiger partial charge in [0.25, 0.3) is 0 Å². The van der Waals surface area contributed by atoms with Gasteiger partial charge in [0.1, 0.15) is 0 Å². The fourth-order valence-corrected chi connectivity index (χ4v) is 1.47. The van der Waals surface area contributed by atoms with E-state index in [2.05, 4.69) is 20.0 Å². The maximum absolute atomic E-state index is 8.41. The van der Waals surface area contributed by atoms with E-state index in [4.69, 9.17) is 5.26 Å². The molecule has 0 amide bonds. The van der Waals surface area contributed by atoms with Gasteiger partial charge in [0.05, 0.1) is 0 Å². The van der Waals surface area contributed by atoms with E-state index in [0.717, 1.165) is 24.9 Å². The van der Waals surface area contributed by atoms with Crippen LogP contribution in [-0.2, 0) is 0 Å². The number of likely N-dealkylation sites (tertiary alicyclic amines) is 1. The standard InChI is InChI=1S/C8H14N2/c1-7(2)3-8-4-10(5-8)6-9/h7-8H,3-5H2,1-2H3. The summed E-state index contributed by atoms with van der Waals surface area (Å²) >= 11 is 0. The molecule has 1 rings (SSSR count). The average molecular weight is 138 g/mol. The minimum absolute atomic E-state index is 0.783. The molecule has 1 fully saturated rings. The van der Waals surface area contributed by atoms with Gasteiger partial charge in [-0.3, -0.25) is 0 Å². The molecule has 10 heavy (non-hydrogen) atoms. The second kappa shape index (κ2) is 2.92. The zero-order valence-electron chi connectivity index (χ0n) is 6.67. The van der Waals surface area contributed by atoms with Gasteiger partial charge in [0, 0.05) is 13.1 Å². The molecule has 0 bridgehead atoms. The third kappa shape index (κ3) is 1.63. The number of nitriles is 1. The van der Waals surface area contributed by atoms with Crippen molar-refractivity contribution in [3.05, 3.63) is 0 Å². The molecule has 0 aromatic rings. The van der Waals surface area contributed by atoms with Crippen molar-refractivity contribution in [2.75, 3.05) is 13.1 Å². The molecule has 1 heterocycles. The molecule has 56 valence electrons. The fraction of sp³-hybridized carbons (Fsp3) is 0.875. The van der Waals surface area contributed by atoms with Gasteiger partial charge in [-0.05, 0) is 18.3 Å². The molecule has 0 aliphatic carbocycles. The number of hydrogen-bond acceptors (Lipinski definition) is 2. The van der Waals surface area contributed by atoms with E-state index in [1.165, 1.54) is 6.42 Å². The van der Waals surface area contributed by atoms with Crippen LogP contribution in [0, 0.1) is 23.3 Å². The van der Waals surface area contributed by atoms with Crippen LogP contribution in [0.15, 0.2) is 0 Å². The van der Waals surface area contributed by atoms with Gasteiger partial charge in [-0.25, -0.2) is 0 Å². The van der Waals surface area contributed by atoms with E-state index in [9.17, 15) is 0 Å². The first-order valence-electron chi connectivity index (χ1n) is 3.87. The molecule has 1 saturated heterocycles. The zero-order chi connectivity index (χ0) is 7.56. The lowest BCUT2D eigenvalue weighted by molar-refractivity contribution is 0.148. The summed E-state index contributed by atoms with van der Waals surface area (Å²) in [5.41, 5.74) is 0. The van der Waals surface area contributed by atoms with Crippen LogP contribution in [0.4, 0.5) is 0 Å². The molecular formula is C8H14N2. The molecule has 0 aromatic heterocycles. The number of nitrogens with zero attached hydrogens (tertiary/aromatic N) is 2. The van der Waals surface area contributed by atoms with Gasteiger partial charge in [0.15, 0.2) is 6.19 Å². The molecule has 0 radical (unpaired) electrons. The SMILES string of the molecule is CC(C)CC1CN(C#N)C1. The maximum atomic E-state index is 8.41. The van der Waals surface area contributed by atoms with Crippen molar-refractivity contribution >= 4 is 0 Å². The minimum atomic E-state index is 0.783. The van der Waals surface area contributed by atoms with Gasteiger partial charge in [-0.15, -0.1) is 0 Å². The smallest absolute Gasteiger partial charge is 0.179 e. The normalized spacial score (nSPS) is 18.8. The highest BCUT2D eigenvalue weighted by molar-refractivity contribution is 4.88. The predicted molar refractivity (Wildman–Crippen MR) is 40.1 cm³/mol. The van der Waals surface area contributed by atoms with E-state index in [1.807, 2.05) is 4.90 Å². The highest BCUT2D eigenvalue weighted by atomic mass is 15.2. The summed E-state index contributed by atoms with van der Waals surface area (Å²) in [5, 5.41) is 8.41. The zero-order valence-corrected chi connectivity index (χ0v) is 6.67. The molecule has 1 aliphatic heterocycles. The van der Waals surface area contributed by atoms with Gasteiger partial charge in [0.2, 0.25) is 0 Å². The summed E-state index contributed by atoms with van der Waals surface area (Å²) in [7, 11) is 0. The Morgan fingerprint density at radius 3 is 2.60 bits per heavy atom. The van der Waals surface area contributed by atoms with Gasteiger partial charge in [-0.2, -0.15) is 5.26 Å². The second-order valence-corrected chi connectivity index (χ2v) is 3.50. The lowest BCUT2D eigenvalue weighted by atomic mass is 9.91. The molecule has 0 saturated carbocycles. The minimum Gasteiger partial charge on any atom is -0.310 e. The lowest BCUT2D eigenvalue weighted by Gasteiger charge is -2.35. The summed E-state index contributed by atoms with van der Waals surface area (Å²) in [4.78, 5) is 1.81. The average Bonchev–Trinajstić information content (AvgIpc) is 1.76. The summed E-state index contributed by atoms with van der Waals surface area (Å²) in [6, 6.07) is 0. The highest BCUT2D eigenvalue weighted by Gasteiger charge is 2.25. The van der Waals surface area contributed by atoms with Gasteiger partial charge >= 0.3 is 0 Å². The molecule has 0 N–H and O–H groups in total. The molecule has 0 unspecified atom stereocenters.